The van der Waals surface area contributed by atoms with Gasteiger partial charge in [0.1, 0.15) is 11.5 Å². The van der Waals surface area contributed by atoms with Gasteiger partial charge in [0, 0.05) is 6.42 Å². The lowest BCUT2D eigenvalue weighted by molar-refractivity contribution is 0.464. The molecule has 0 saturated heterocycles. The van der Waals surface area contributed by atoms with Crippen LogP contribution >= 0.6 is 0 Å². The highest BCUT2D eigenvalue weighted by Crippen LogP contribution is 2.56. The number of hydrogen-bond acceptors (Lipinski definition) is 2. The maximum atomic E-state index is 11.0. The number of phenols is 2. The third kappa shape index (κ3) is 3.71. The second-order valence-electron chi connectivity index (χ2n) is 10.8. The molecule has 0 saturated carbocycles. The summed E-state index contributed by atoms with van der Waals surface area (Å²) in [5, 5.41) is 21.7. The van der Waals surface area contributed by atoms with Gasteiger partial charge in [-0.05, 0) is 75.0 Å². The molecule has 2 nitrogen and oxygen atoms in total. The number of benzene rings is 5. The minimum atomic E-state index is -0.583. The van der Waals surface area contributed by atoms with E-state index in [1.807, 2.05) is 12.1 Å². The first-order chi connectivity index (χ1) is 18.4. The molecule has 0 unspecified atom stereocenters. The highest BCUT2D eigenvalue weighted by molar-refractivity contribution is 5.86. The first kappa shape index (κ1) is 24.1. The lowest BCUT2D eigenvalue weighted by Gasteiger charge is -2.35. The molecule has 0 amide bonds. The summed E-state index contributed by atoms with van der Waals surface area (Å²) in [7, 11) is 0. The molecule has 0 aliphatic heterocycles. The lowest BCUT2D eigenvalue weighted by atomic mass is 9.67. The molecule has 188 valence electrons. The fraction of sp³-hybridized carbons (Fsp3) is 0.167. The quantitative estimate of drug-likeness (QED) is 0.251. The van der Waals surface area contributed by atoms with Crippen LogP contribution in [0.3, 0.4) is 0 Å². The SMILES string of the molecule is Cc1ccc(Cc2cc(C3(c4ccc(O)c(C(C)C)c4)c4ccccc4-c4ccccc43)ccc2O)cc1. The van der Waals surface area contributed by atoms with Gasteiger partial charge in [0.2, 0.25) is 0 Å². The standard InChI is InChI=1S/C36H32O2/c1-23(2)31-22-28(17-19-35(31)38)36(32-10-6-4-8-29(32)30-9-5-7-11-33(30)36)27-16-18-34(37)26(21-27)20-25-14-12-24(3)13-15-25/h4-19,21-23,37-38H,20H2,1-3H3. The van der Waals surface area contributed by atoms with Gasteiger partial charge in [-0.1, -0.05) is 116 Å². The average molecular weight is 497 g/mol. The Bertz CT molecular complexity index is 1600. The second-order valence-corrected chi connectivity index (χ2v) is 10.8. The zero-order valence-corrected chi connectivity index (χ0v) is 22.1. The highest BCUT2D eigenvalue weighted by Gasteiger charge is 2.46. The van der Waals surface area contributed by atoms with Crippen molar-refractivity contribution in [3.63, 3.8) is 0 Å². The van der Waals surface area contributed by atoms with Crippen molar-refractivity contribution < 1.29 is 10.2 Å². The van der Waals surface area contributed by atoms with Crippen molar-refractivity contribution in [1.29, 1.82) is 0 Å². The third-order valence-corrected chi connectivity index (χ3v) is 8.06. The number of hydrogen-bond donors (Lipinski definition) is 2. The van der Waals surface area contributed by atoms with E-state index in [1.54, 1.807) is 0 Å². The summed E-state index contributed by atoms with van der Waals surface area (Å²) >= 11 is 0. The van der Waals surface area contributed by atoms with E-state index in [2.05, 4.69) is 118 Å². The maximum absolute atomic E-state index is 11.0. The van der Waals surface area contributed by atoms with Gasteiger partial charge in [0.15, 0.2) is 0 Å². The van der Waals surface area contributed by atoms with Crippen LogP contribution in [-0.4, -0.2) is 10.2 Å². The molecule has 5 aromatic carbocycles. The Kier molecular flexibility index (Phi) is 5.84. The van der Waals surface area contributed by atoms with Gasteiger partial charge in [0.25, 0.3) is 0 Å². The molecule has 0 bridgehead atoms. The highest BCUT2D eigenvalue weighted by atomic mass is 16.3. The molecular formula is C36H32O2. The lowest BCUT2D eigenvalue weighted by Crippen LogP contribution is -2.29. The van der Waals surface area contributed by atoms with E-state index in [4.69, 9.17) is 0 Å². The molecular weight excluding hydrogens is 464 g/mol. The smallest absolute Gasteiger partial charge is 0.119 e. The molecule has 0 fully saturated rings. The zero-order valence-electron chi connectivity index (χ0n) is 22.1. The van der Waals surface area contributed by atoms with Crippen LogP contribution in [0.2, 0.25) is 0 Å². The minimum Gasteiger partial charge on any atom is -0.508 e. The van der Waals surface area contributed by atoms with Gasteiger partial charge in [-0.3, -0.25) is 0 Å². The van der Waals surface area contributed by atoms with E-state index in [9.17, 15) is 10.2 Å². The molecule has 0 radical (unpaired) electrons. The number of fused-ring (bicyclic) bond motifs is 3. The molecule has 38 heavy (non-hydrogen) atoms. The van der Waals surface area contributed by atoms with Crippen LogP contribution in [0, 0.1) is 6.92 Å². The number of aromatic hydroxyl groups is 2. The average Bonchev–Trinajstić information content (AvgIpc) is 3.23. The first-order valence-electron chi connectivity index (χ1n) is 13.3. The minimum absolute atomic E-state index is 0.177. The predicted molar refractivity (Wildman–Crippen MR) is 155 cm³/mol. The predicted octanol–water partition coefficient (Wildman–Crippen LogP) is 8.48. The van der Waals surface area contributed by atoms with Crippen LogP contribution in [0.5, 0.6) is 11.5 Å². The number of phenolic OH excluding ortho intramolecular Hbond substituents is 2. The van der Waals surface area contributed by atoms with E-state index in [-0.39, 0.29) is 5.92 Å². The van der Waals surface area contributed by atoms with Crippen molar-refractivity contribution in [2.45, 2.75) is 38.5 Å². The summed E-state index contributed by atoms with van der Waals surface area (Å²) < 4.78 is 0. The van der Waals surface area contributed by atoms with Gasteiger partial charge in [-0.2, -0.15) is 0 Å². The Morgan fingerprint density at radius 1 is 0.632 bits per heavy atom. The van der Waals surface area contributed by atoms with Crippen molar-refractivity contribution in [2.24, 2.45) is 0 Å². The normalized spacial score (nSPS) is 13.4. The largest absolute Gasteiger partial charge is 0.508 e. The Morgan fingerprint density at radius 3 is 1.79 bits per heavy atom. The number of rotatable bonds is 5. The fourth-order valence-electron chi connectivity index (χ4n) is 6.16. The molecule has 2 heteroatoms. The summed E-state index contributed by atoms with van der Waals surface area (Å²) in [4.78, 5) is 0. The molecule has 0 spiro atoms. The Balaban J connectivity index is 1.65. The van der Waals surface area contributed by atoms with Crippen LogP contribution in [-0.2, 0) is 11.8 Å². The van der Waals surface area contributed by atoms with E-state index >= 15 is 0 Å². The molecule has 5 aromatic rings. The fourth-order valence-corrected chi connectivity index (χ4v) is 6.16. The van der Waals surface area contributed by atoms with Crippen molar-refractivity contribution >= 4 is 0 Å². The zero-order chi connectivity index (χ0) is 26.4. The Morgan fingerprint density at radius 2 is 1.18 bits per heavy atom. The molecule has 0 heterocycles. The number of aryl methyl sites for hydroxylation is 1. The van der Waals surface area contributed by atoms with Gasteiger partial charge >= 0.3 is 0 Å². The Hall–Kier alpha value is -4.30. The van der Waals surface area contributed by atoms with Crippen LogP contribution < -0.4 is 0 Å². The summed E-state index contributed by atoms with van der Waals surface area (Å²) in [6.07, 6.45) is 0.645. The molecule has 1 aliphatic carbocycles. The van der Waals surface area contributed by atoms with Crippen molar-refractivity contribution in [2.75, 3.05) is 0 Å². The van der Waals surface area contributed by atoms with Crippen LogP contribution in [0.4, 0.5) is 0 Å². The summed E-state index contributed by atoms with van der Waals surface area (Å²) in [6, 6.07) is 37.9. The van der Waals surface area contributed by atoms with E-state index < -0.39 is 5.41 Å². The van der Waals surface area contributed by atoms with Gasteiger partial charge in [0.05, 0.1) is 5.41 Å². The third-order valence-electron chi connectivity index (χ3n) is 8.06. The van der Waals surface area contributed by atoms with E-state index in [0.717, 1.165) is 27.8 Å². The van der Waals surface area contributed by atoms with Crippen molar-refractivity contribution in [1.82, 2.24) is 0 Å². The first-order valence-corrected chi connectivity index (χ1v) is 13.3. The maximum Gasteiger partial charge on any atom is 0.119 e. The van der Waals surface area contributed by atoms with Crippen LogP contribution in [0.15, 0.2) is 109 Å². The van der Waals surface area contributed by atoms with Gasteiger partial charge in [-0.25, -0.2) is 0 Å². The summed E-state index contributed by atoms with van der Waals surface area (Å²) in [5.41, 5.74) is 10.7. The van der Waals surface area contributed by atoms with Gasteiger partial charge in [-0.15, -0.1) is 0 Å². The summed E-state index contributed by atoms with van der Waals surface area (Å²) in [6.45, 7) is 6.31. The van der Waals surface area contributed by atoms with Crippen LogP contribution in [0.1, 0.15) is 64.3 Å². The monoisotopic (exact) mass is 496 g/mol. The Labute approximate surface area is 224 Å². The van der Waals surface area contributed by atoms with Crippen molar-refractivity contribution in [3.05, 3.63) is 154 Å². The van der Waals surface area contributed by atoms with Crippen molar-refractivity contribution in [3.8, 4) is 22.6 Å². The molecule has 2 N–H and O–H groups in total. The van der Waals surface area contributed by atoms with Crippen LogP contribution in [0.25, 0.3) is 11.1 Å². The molecule has 1 aliphatic rings. The molecule has 6 rings (SSSR count). The second kappa shape index (κ2) is 9.22. The van der Waals surface area contributed by atoms with E-state index in [0.29, 0.717) is 17.9 Å². The van der Waals surface area contributed by atoms with E-state index in [1.165, 1.54) is 27.8 Å². The van der Waals surface area contributed by atoms with Gasteiger partial charge < -0.3 is 10.2 Å². The molecule has 0 aromatic heterocycles. The topological polar surface area (TPSA) is 40.5 Å². The summed E-state index contributed by atoms with van der Waals surface area (Å²) in [5.74, 6) is 0.803. The molecule has 0 atom stereocenters.